The molecule has 1 atom stereocenters. The Labute approximate surface area is 172 Å². The molecule has 3 rings (SSSR count). The molecular weight excluding hydrogens is 388 g/mol. The summed E-state index contributed by atoms with van der Waals surface area (Å²) in [6.07, 6.45) is 1.10. The van der Waals surface area contributed by atoms with Gasteiger partial charge in [0.2, 0.25) is 10.0 Å². The zero-order valence-corrected chi connectivity index (χ0v) is 17.9. The number of carbonyl (C=O) groups is 1. The second-order valence-corrected chi connectivity index (χ2v) is 9.52. The van der Waals surface area contributed by atoms with Crippen LogP contribution in [0.1, 0.15) is 45.1 Å². The average molecular weight is 417 g/mol. The number of carbonyl (C=O) groups excluding carboxylic acids is 1. The molecule has 7 heteroatoms. The molecule has 0 saturated carbocycles. The monoisotopic (exact) mass is 416 g/mol. The van der Waals surface area contributed by atoms with Crippen LogP contribution in [0, 0.1) is 0 Å². The molecule has 1 aliphatic heterocycles. The smallest absolute Gasteiger partial charge is 0.265 e. The number of hydrogen-bond acceptors (Lipinski definition) is 4. The van der Waals surface area contributed by atoms with Crippen LogP contribution in [0.25, 0.3) is 0 Å². The molecule has 29 heavy (non-hydrogen) atoms. The summed E-state index contributed by atoms with van der Waals surface area (Å²) in [7, 11) is -3.46. The van der Waals surface area contributed by atoms with Crippen molar-refractivity contribution in [3.05, 3.63) is 54.1 Å². The number of ether oxygens (including phenoxy) is 1. The highest BCUT2D eigenvalue weighted by atomic mass is 32.2. The van der Waals surface area contributed by atoms with Crippen molar-refractivity contribution in [1.29, 1.82) is 0 Å². The fraction of sp³-hybridized carbons (Fsp3) is 0.409. The minimum absolute atomic E-state index is 0.243. The van der Waals surface area contributed by atoms with Crippen molar-refractivity contribution in [1.82, 2.24) is 4.31 Å². The Morgan fingerprint density at radius 2 is 1.62 bits per heavy atom. The Balaban J connectivity index is 1.65. The number of sulfonamides is 1. The lowest BCUT2D eigenvalue weighted by Gasteiger charge is -2.19. The van der Waals surface area contributed by atoms with Gasteiger partial charge in [-0.25, -0.2) is 8.42 Å². The van der Waals surface area contributed by atoms with Gasteiger partial charge in [0, 0.05) is 18.8 Å². The van der Waals surface area contributed by atoms with E-state index in [-0.39, 0.29) is 16.7 Å². The number of benzene rings is 2. The minimum Gasteiger partial charge on any atom is -0.481 e. The third kappa shape index (κ3) is 4.97. The Kier molecular flexibility index (Phi) is 6.59. The van der Waals surface area contributed by atoms with Crippen LogP contribution >= 0.6 is 0 Å². The quantitative estimate of drug-likeness (QED) is 0.740. The molecule has 0 spiro atoms. The summed E-state index contributed by atoms with van der Waals surface area (Å²) in [5.41, 5.74) is 1.58. The van der Waals surface area contributed by atoms with Crippen LogP contribution in [0.15, 0.2) is 53.4 Å². The highest BCUT2D eigenvalue weighted by Crippen LogP contribution is 2.27. The van der Waals surface area contributed by atoms with Crippen molar-refractivity contribution in [2.75, 3.05) is 18.4 Å². The van der Waals surface area contributed by atoms with Crippen LogP contribution in [0.5, 0.6) is 5.75 Å². The van der Waals surface area contributed by atoms with Gasteiger partial charge in [0.15, 0.2) is 6.10 Å². The molecule has 1 heterocycles. The molecule has 0 aliphatic carbocycles. The average Bonchev–Trinajstić information content (AvgIpc) is 3.24. The van der Waals surface area contributed by atoms with Gasteiger partial charge in [0.1, 0.15) is 5.75 Å². The van der Waals surface area contributed by atoms with Crippen molar-refractivity contribution in [3.8, 4) is 5.75 Å². The number of nitrogens with one attached hydrogen (secondary N) is 1. The lowest BCUT2D eigenvalue weighted by Crippen LogP contribution is -2.30. The Morgan fingerprint density at radius 3 is 2.24 bits per heavy atom. The van der Waals surface area contributed by atoms with Gasteiger partial charge in [-0.2, -0.15) is 4.31 Å². The van der Waals surface area contributed by atoms with Crippen LogP contribution in [0.2, 0.25) is 0 Å². The maximum absolute atomic E-state index is 12.6. The number of rotatable bonds is 7. The molecule has 2 aromatic rings. The van der Waals surface area contributed by atoms with Gasteiger partial charge in [0.05, 0.1) is 4.90 Å². The van der Waals surface area contributed by atoms with Gasteiger partial charge in [-0.1, -0.05) is 32.0 Å². The first-order valence-electron chi connectivity index (χ1n) is 9.95. The first-order chi connectivity index (χ1) is 13.8. The van der Waals surface area contributed by atoms with Gasteiger partial charge in [-0.15, -0.1) is 0 Å². The lowest BCUT2D eigenvalue weighted by molar-refractivity contribution is -0.122. The van der Waals surface area contributed by atoms with E-state index in [2.05, 4.69) is 19.2 Å². The molecule has 0 aromatic heterocycles. The number of anilines is 1. The van der Waals surface area contributed by atoms with E-state index in [4.69, 9.17) is 4.74 Å². The van der Waals surface area contributed by atoms with Crippen LogP contribution in [-0.4, -0.2) is 37.8 Å². The third-order valence-electron chi connectivity index (χ3n) is 5.04. The number of hydrogen-bond donors (Lipinski definition) is 1. The fourth-order valence-corrected chi connectivity index (χ4v) is 4.86. The predicted molar refractivity (Wildman–Crippen MR) is 114 cm³/mol. The van der Waals surface area contributed by atoms with Gasteiger partial charge < -0.3 is 10.1 Å². The lowest BCUT2D eigenvalue weighted by atomic mass is 10.0. The summed E-state index contributed by atoms with van der Waals surface area (Å²) in [6, 6.07) is 14.0. The molecule has 2 aromatic carbocycles. The van der Waals surface area contributed by atoms with Gasteiger partial charge in [-0.3, -0.25) is 4.79 Å². The highest BCUT2D eigenvalue weighted by molar-refractivity contribution is 7.89. The molecular formula is C22H28N2O4S. The molecule has 1 N–H and O–H groups in total. The van der Waals surface area contributed by atoms with E-state index < -0.39 is 16.1 Å². The van der Waals surface area contributed by atoms with Crippen LogP contribution < -0.4 is 10.1 Å². The molecule has 6 nitrogen and oxygen atoms in total. The SMILES string of the molecule is CC(C)c1ccccc1O[C@H](C)C(=O)Nc1ccc(S(=O)(=O)N2CCCC2)cc1. The molecule has 0 bridgehead atoms. The maximum Gasteiger partial charge on any atom is 0.265 e. The predicted octanol–water partition coefficient (Wildman–Crippen LogP) is 4.00. The Bertz CT molecular complexity index is 949. The first kappa shape index (κ1) is 21.3. The molecule has 1 aliphatic rings. The molecule has 0 unspecified atom stereocenters. The van der Waals surface area contributed by atoms with Crippen molar-refractivity contribution in [2.45, 2.75) is 50.5 Å². The molecule has 1 saturated heterocycles. The van der Waals surface area contributed by atoms with E-state index in [0.717, 1.165) is 18.4 Å². The summed E-state index contributed by atoms with van der Waals surface area (Å²) in [4.78, 5) is 12.8. The summed E-state index contributed by atoms with van der Waals surface area (Å²) in [5.74, 6) is 0.683. The van der Waals surface area contributed by atoms with Crippen LogP contribution in [0.3, 0.4) is 0 Å². The molecule has 1 fully saturated rings. The minimum atomic E-state index is -3.46. The normalized spacial score (nSPS) is 16.0. The van der Waals surface area contributed by atoms with Crippen molar-refractivity contribution < 1.29 is 17.9 Å². The standard InChI is InChI=1S/C22H28N2O4S/c1-16(2)20-8-4-5-9-21(20)28-17(3)22(25)23-18-10-12-19(13-11-18)29(26,27)24-14-6-7-15-24/h4-5,8-13,16-17H,6-7,14-15H2,1-3H3,(H,23,25)/t17-/m1/s1. The van der Waals surface area contributed by atoms with Gasteiger partial charge in [0.25, 0.3) is 5.91 Å². The van der Waals surface area contributed by atoms with E-state index in [1.165, 1.54) is 16.4 Å². The van der Waals surface area contributed by atoms with E-state index in [0.29, 0.717) is 24.5 Å². The van der Waals surface area contributed by atoms with Crippen LogP contribution in [-0.2, 0) is 14.8 Å². The van der Waals surface area contributed by atoms with Crippen molar-refractivity contribution >= 4 is 21.6 Å². The number of para-hydroxylation sites is 1. The second kappa shape index (κ2) is 8.97. The van der Waals surface area contributed by atoms with E-state index >= 15 is 0 Å². The van der Waals surface area contributed by atoms with Gasteiger partial charge >= 0.3 is 0 Å². The van der Waals surface area contributed by atoms with E-state index in [1.54, 1.807) is 19.1 Å². The summed E-state index contributed by atoms with van der Waals surface area (Å²) in [5, 5.41) is 2.79. The number of amides is 1. The van der Waals surface area contributed by atoms with E-state index in [1.807, 2.05) is 24.3 Å². The fourth-order valence-electron chi connectivity index (χ4n) is 3.34. The van der Waals surface area contributed by atoms with Gasteiger partial charge in [-0.05, 0) is 61.6 Å². The third-order valence-corrected chi connectivity index (χ3v) is 6.95. The second-order valence-electron chi connectivity index (χ2n) is 7.58. The molecule has 156 valence electrons. The molecule has 0 radical (unpaired) electrons. The summed E-state index contributed by atoms with van der Waals surface area (Å²) < 4.78 is 32.5. The summed E-state index contributed by atoms with van der Waals surface area (Å²) >= 11 is 0. The maximum atomic E-state index is 12.6. The highest BCUT2D eigenvalue weighted by Gasteiger charge is 2.27. The summed E-state index contributed by atoms with van der Waals surface area (Å²) in [6.45, 7) is 6.97. The van der Waals surface area contributed by atoms with Crippen LogP contribution in [0.4, 0.5) is 5.69 Å². The topological polar surface area (TPSA) is 75.7 Å². The Hall–Kier alpha value is -2.38. The largest absolute Gasteiger partial charge is 0.481 e. The first-order valence-corrected chi connectivity index (χ1v) is 11.4. The number of nitrogens with zero attached hydrogens (tertiary/aromatic N) is 1. The zero-order valence-electron chi connectivity index (χ0n) is 17.1. The Morgan fingerprint density at radius 1 is 1.00 bits per heavy atom. The van der Waals surface area contributed by atoms with Crippen molar-refractivity contribution in [3.63, 3.8) is 0 Å². The molecule has 1 amide bonds. The van der Waals surface area contributed by atoms with E-state index in [9.17, 15) is 13.2 Å². The zero-order chi connectivity index (χ0) is 21.0. The van der Waals surface area contributed by atoms with Crippen molar-refractivity contribution in [2.24, 2.45) is 0 Å².